The highest BCUT2D eigenvalue weighted by Gasteiger charge is 1.95. The summed E-state index contributed by atoms with van der Waals surface area (Å²) in [5, 5.41) is 2.49. The molecule has 0 heterocycles. The number of aryl methyl sites for hydroxylation is 2. The number of rotatable bonds is 0. The van der Waals surface area contributed by atoms with Gasteiger partial charge in [-0.15, -0.1) is 0 Å². The third kappa shape index (κ3) is 1.10. The van der Waals surface area contributed by atoms with E-state index in [1.807, 2.05) is 12.1 Å². The molecule has 0 nitrogen and oxygen atoms in total. The summed E-state index contributed by atoms with van der Waals surface area (Å²) in [7, 11) is 0. The Morgan fingerprint density at radius 3 is 2.67 bits per heavy atom. The van der Waals surface area contributed by atoms with Crippen LogP contribution in [0.3, 0.4) is 0 Å². The molecule has 2 rings (SSSR count). The molecule has 0 fully saturated rings. The van der Waals surface area contributed by atoms with Crippen molar-refractivity contribution in [2.45, 2.75) is 13.8 Å². The Morgan fingerprint density at radius 1 is 1.08 bits per heavy atom. The molecule has 2 aromatic rings. The van der Waals surface area contributed by atoms with Crippen LogP contribution in [0.1, 0.15) is 11.1 Å². The van der Waals surface area contributed by atoms with E-state index in [1.54, 1.807) is 0 Å². The first-order valence-corrected chi connectivity index (χ1v) is 4.15. The van der Waals surface area contributed by atoms with E-state index in [0.29, 0.717) is 0 Å². The first kappa shape index (κ1) is 7.35. The maximum Gasteiger partial charge on any atom is -0.00991 e. The summed E-state index contributed by atoms with van der Waals surface area (Å²) in [6.45, 7) is 4.28. The number of hydrogen-bond acceptors (Lipinski definition) is 0. The fraction of sp³-hybridized carbons (Fsp3) is 0.167. The molecule has 0 heteroatoms. The molecule has 59 valence electrons. The second kappa shape index (κ2) is 2.63. The summed E-state index contributed by atoms with van der Waals surface area (Å²) in [5.41, 5.74) is 2.69. The van der Waals surface area contributed by atoms with E-state index in [1.165, 1.54) is 21.9 Å². The predicted molar refractivity (Wildman–Crippen MR) is 52.3 cm³/mol. The van der Waals surface area contributed by atoms with Crippen LogP contribution < -0.4 is 0 Å². The van der Waals surface area contributed by atoms with E-state index in [4.69, 9.17) is 0 Å². The normalized spacial score (nSPS) is 10.5. The fourth-order valence-electron chi connectivity index (χ4n) is 1.39. The van der Waals surface area contributed by atoms with Crippen LogP contribution in [0, 0.1) is 19.9 Å². The Morgan fingerprint density at radius 2 is 1.83 bits per heavy atom. The molecule has 0 spiro atoms. The lowest BCUT2D eigenvalue weighted by Crippen LogP contribution is -1.80. The third-order valence-electron chi connectivity index (χ3n) is 2.28. The Kier molecular flexibility index (Phi) is 1.61. The van der Waals surface area contributed by atoms with Crippen molar-refractivity contribution >= 4 is 10.8 Å². The summed E-state index contributed by atoms with van der Waals surface area (Å²) < 4.78 is 0. The average Bonchev–Trinajstić information content (AvgIpc) is 2.07. The average molecular weight is 155 g/mol. The van der Waals surface area contributed by atoms with Gasteiger partial charge in [0.15, 0.2) is 0 Å². The molecule has 0 N–H and O–H groups in total. The largest absolute Gasteiger partial charge is 0.0610 e. The quantitative estimate of drug-likeness (QED) is 0.547. The summed E-state index contributed by atoms with van der Waals surface area (Å²) >= 11 is 0. The van der Waals surface area contributed by atoms with Gasteiger partial charge in [0.25, 0.3) is 0 Å². The van der Waals surface area contributed by atoms with Gasteiger partial charge in [-0.2, -0.15) is 0 Å². The molecule has 12 heavy (non-hydrogen) atoms. The smallest absolute Gasteiger partial charge is 0.00991 e. The molecule has 0 bridgehead atoms. The van der Waals surface area contributed by atoms with Crippen LogP contribution in [-0.2, 0) is 0 Å². The maximum atomic E-state index is 3.22. The van der Waals surface area contributed by atoms with Crippen molar-refractivity contribution in [3.8, 4) is 0 Å². The highest BCUT2D eigenvalue weighted by atomic mass is 14.0. The van der Waals surface area contributed by atoms with Gasteiger partial charge in [0.2, 0.25) is 0 Å². The second-order valence-corrected chi connectivity index (χ2v) is 3.19. The van der Waals surface area contributed by atoms with Crippen molar-refractivity contribution in [2.75, 3.05) is 0 Å². The predicted octanol–water partition coefficient (Wildman–Crippen LogP) is 3.26. The first-order valence-electron chi connectivity index (χ1n) is 4.15. The molecule has 0 saturated heterocycles. The molecule has 0 aliphatic rings. The van der Waals surface area contributed by atoms with Crippen LogP contribution in [-0.4, -0.2) is 0 Å². The molecule has 0 unspecified atom stereocenters. The van der Waals surface area contributed by atoms with Gasteiger partial charge in [0, 0.05) is 0 Å². The first-order chi connectivity index (χ1) is 5.77. The summed E-state index contributed by atoms with van der Waals surface area (Å²) in [4.78, 5) is 0. The number of benzene rings is 2. The van der Waals surface area contributed by atoms with E-state index in [9.17, 15) is 0 Å². The highest BCUT2D eigenvalue weighted by Crippen LogP contribution is 2.17. The molecule has 0 aromatic heterocycles. The van der Waals surface area contributed by atoms with Gasteiger partial charge in [-0.05, 0) is 41.8 Å². The highest BCUT2D eigenvalue weighted by molar-refractivity contribution is 5.83. The van der Waals surface area contributed by atoms with Crippen molar-refractivity contribution in [2.24, 2.45) is 0 Å². The number of fused-ring (bicyclic) bond motifs is 1. The van der Waals surface area contributed by atoms with E-state index in [0.717, 1.165) is 0 Å². The Bertz CT molecular complexity index is 373. The maximum absolute atomic E-state index is 3.22. The van der Waals surface area contributed by atoms with Gasteiger partial charge in [-0.3, -0.25) is 0 Å². The van der Waals surface area contributed by atoms with Gasteiger partial charge < -0.3 is 0 Å². The minimum atomic E-state index is 1.21. The molecular weight excluding hydrogens is 144 g/mol. The van der Waals surface area contributed by atoms with Crippen LogP contribution in [0.2, 0.25) is 0 Å². The van der Waals surface area contributed by atoms with E-state index >= 15 is 0 Å². The van der Waals surface area contributed by atoms with Crippen molar-refractivity contribution in [1.29, 1.82) is 0 Å². The van der Waals surface area contributed by atoms with E-state index in [-0.39, 0.29) is 0 Å². The lowest BCUT2D eigenvalue weighted by atomic mass is 10.0. The van der Waals surface area contributed by atoms with Gasteiger partial charge in [-0.25, -0.2) is 0 Å². The molecule has 1 radical (unpaired) electrons. The molecule has 0 atom stereocenters. The minimum Gasteiger partial charge on any atom is -0.0610 e. The van der Waals surface area contributed by atoms with Crippen LogP contribution in [0.25, 0.3) is 10.8 Å². The Hall–Kier alpha value is -1.30. The van der Waals surface area contributed by atoms with Gasteiger partial charge in [0.05, 0.1) is 0 Å². The lowest BCUT2D eigenvalue weighted by molar-refractivity contribution is 1.36. The van der Waals surface area contributed by atoms with E-state index in [2.05, 4.69) is 38.1 Å². The SMILES string of the molecule is Cc1cc2[c]cccc2cc1C. The minimum absolute atomic E-state index is 1.21. The van der Waals surface area contributed by atoms with Crippen LogP contribution in [0.5, 0.6) is 0 Å². The van der Waals surface area contributed by atoms with E-state index < -0.39 is 0 Å². The van der Waals surface area contributed by atoms with Crippen molar-refractivity contribution < 1.29 is 0 Å². The topological polar surface area (TPSA) is 0 Å². The molecule has 0 aliphatic carbocycles. The molecule has 0 amide bonds. The summed E-state index contributed by atoms with van der Waals surface area (Å²) in [6.07, 6.45) is 0. The van der Waals surface area contributed by atoms with Crippen molar-refractivity contribution in [3.05, 3.63) is 47.5 Å². The lowest BCUT2D eigenvalue weighted by Gasteiger charge is -2.02. The zero-order valence-electron chi connectivity index (χ0n) is 7.39. The third-order valence-corrected chi connectivity index (χ3v) is 2.28. The van der Waals surface area contributed by atoms with Crippen LogP contribution >= 0.6 is 0 Å². The molecule has 0 saturated carbocycles. The Labute approximate surface area is 72.8 Å². The molecule has 0 aliphatic heterocycles. The number of hydrogen-bond donors (Lipinski definition) is 0. The molecule has 2 aromatic carbocycles. The van der Waals surface area contributed by atoms with Crippen LogP contribution in [0.4, 0.5) is 0 Å². The summed E-state index contributed by atoms with van der Waals surface area (Å²) in [5.74, 6) is 0. The van der Waals surface area contributed by atoms with Gasteiger partial charge >= 0.3 is 0 Å². The monoisotopic (exact) mass is 155 g/mol. The van der Waals surface area contributed by atoms with Crippen LogP contribution in [0.15, 0.2) is 30.3 Å². The standard InChI is InChI=1S/C12H11/c1-9-7-11-5-3-4-6-12(11)8-10(9)2/h3-5,7-8H,1-2H3. The van der Waals surface area contributed by atoms with Gasteiger partial charge in [-0.1, -0.05) is 30.3 Å². The second-order valence-electron chi connectivity index (χ2n) is 3.19. The summed E-state index contributed by atoms with van der Waals surface area (Å²) in [6, 6.07) is 13.7. The van der Waals surface area contributed by atoms with Crippen molar-refractivity contribution in [1.82, 2.24) is 0 Å². The van der Waals surface area contributed by atoms with Crippen molar-refractivity contribution in [3.63, 3.8) is 0 Å². The molecular formula is C12H11. The Balaban J connectivity index is 2.84. The zero-order chi connectivity index (χ0) is 8.55. The fourth-order valence-corrected chi connectivity index (χ4v) is 1.39. The van der Waals surface area contributed by atoms with Gasteiger partial charge in [0.1, 0.15) is 0 Å². The zero-order valence-corrected chi connectivity index (χ0v) is 7.39.